The van der Waals surface area contributed by atoms with Crippen LogP contribution in [0, 0.1) is 5.92 Å². The summed E-state index contributed by atoms with van der Waals surface area (Å²) >= 11 is 0. The number of likely N-dealkylation sites (tertiary alicyclic amines) is 1. The molecule has 0 aromatic carbocycles. The first-order valence-electron chi connectivity index (χ1n) is 13.6. The van der Waals surface area contributed by atoms with E-state index in [1.54, 1.807) is 12.0 Å². The Bertz CT molecular complexity index is 881. The summed E-state index contributed by atoms with van der Waals surface area (Å²) in [5, 5.41) is 28.2. The highest BCUT2D eigenvalue weighted by Gasteiger charge is 2.72. The molecule has 8 atom stereocenters. The second-order valence-corrected chi connectivity index (χ2v) is 11.6. The quantitative estimate of drug-likeness (QED) is 0.233. The van der Waals surface area contributed by atoms with Crippen LogP contribution >= 0.6 is 0 Å². The Morgan fingerprint density at radius 2 is 1.92 bits per heavy atom. The highest BCUT2D eigenvalue weighted by Crippen LogP contribution is 2.59. The second-order valence-electron chi connectivity index (χ2n) is 11.6. The molecular formula is C27H43NO10. The number of carboxylic acid groups (broad SMARTS) is 1. The summed E-state index contributed by atoms with van der Waals surface area (Å²) in [6, 6.07) is 0. The standard InChI is InChI=1S/C27H43NO10/c1-16(2)5-6-21-26(3,38-21)24-23(34-4)20(7-9-27(24)15-36-27)37-25(33)28-13-19(14-28)35-10-8-17(29)11-18(30)12-22(31)32/h5,17-21,23-24,29-30H,6-15H2,1-4H3,(H,31,32)/t17-,18-,20-,21?,23-,24-,26+,27+/m1/s1. The smallest absolute Gasteiger partial charge is 0.410 e. The normalized spacial score (nSPS) is 35.8. The number of carbonyl (C=O) groups excluding carboxylic acids is 1. The van der Waals surface area contributed by atoms with Gasteiger partial charge in [-0.3, -0.25) is 4.79 Å². The number of ether oxygens (including phenoxy) is 5. The van der Waals surface area contributed by atoms with E-state index in [1.165, 1.54) is 5.57 Å². The molecule has 3 aliphatic heterocycles. The molecule has 3 heterocycles. The lowest BCUT2D eigenvalue weighted by Gasteiger charge is -2.44. The zero-order chi connectivity index (χ0) is 27.7. The van der Waals surface area contributed by atoms with E-state index in [0.717, 1.165) is 12.8 Å². The molecular weight excluding hydrogens is 498 g/mol. The Morgan fingerprint density at radius 1 is 1.21 bits per heavy atom. The van der Waals surface area contributed by atoms with Gasteiger partial charge in [0.2, 0.25) is 0 Å². The zero-order valence-corrected chi connectivity index (χ0v) is 22.8. The highest BCUT2D eigenvalue weighted by atomic mass is 16.6. The van der Waals surface area contributed by atoms with Crippen LogP contribution in [0.25, 0.3) is 0 Å². The summed E-state index contributed by atoms with van der Waals surface area (Å²) in [5.74, 6) is -1.14. The van der Waals surface area contributed by atoms with Gasteiger partial charge in [-0.15, -0.1) is 0 Å². The van der Waals surface area contributed by atoms with Crippen LogP contribution in [0.2, 0.25) is 0 Å². The van der Waals surface area contributed by atoms with Gasteiger partial charge in [-0.05, 0) is 52.9 Å². The van der Waals surface area contributed by atoms with Crippen LogP contribution in [0.3, 0.4) is 0 Å². The summed E-state index contributed by atoms with van der Waals surface area (Å²) in [5.41, 5.74) is 0.585. The van der Waals surface area contributed by atoms with Gasteiger partial charge < -0.3 is 43.9 Å². The van der Waals surface area contributed by atoms with Crippen molar-refractivity contribution >= 4 is 12.1 Å². The fourth-order valence-corrected chi connectivity index (χ4v) is 6.05. The highest BCUT2D eigenvalue weighted by molar-refractivity contribution is 5.69. The number of aliphatic hydroxyl groups excluding tert-OH is 2. The van der Waals surface area contributed by atoms with Gasteiger partial charge in [0.25, 0.3) is 0 Å². The lowest BCUT2D eigenvalue weighted by molar-refractivity contribution is -0.139. The Balaban J connectivity index is 1.22. The van der Waals surface area contributed by atoms with Gasteiger partial charge in [-0.25, -0.2) is 4.79 Å². The van der Waals surface area contributed by atoms with E-state index < -0.39 is 42.4 Å². The van der Waals surface area contributed by atoms with Crippen LogP contribution < -0.4 is 0 Å². The van der Waals surface area contributed by atoms with Crippen molar-refractivity contribution in [3.05, 3.63) is 11.6 Å². The van der Waals surface area contributed by atoms with Crippen molar-refractivity contribution in [3.8, 4) is 0 Å². The number of carboxylic acids is 1. The number of methoxy groups -OCH3 is 1. The van der Waals surface area contributed by atoms with Crippen molar-refractivity contribution < 1.29 is 48.6 Å². The Hall–Kier alpha value is -1.76. The third kappa shape index (κ3) is 6.68. The first-order valence-corrected chi connectivity index (χ1v) is 13.6. The number of rotatable bonds is 13. The molecule has 1 spiro atoms. The van der Waals surface area contributed by atoms with Gasteiger partial charge in [0.05, 0.1) is 56.5 Å². The van der Waals surface area contributed by atoms with Crippen molar-refractivity contribution in [2.45, 2.75) is 107 Å². The molecule has 11 heteroatoms. The molecule has 38 heavy (non-hydrogen) atoms. The predicted octanol–water partition coefficient (Wildman–Crippen LogP) is 1.88. The van der Waals surface area contributed by atoms with Crippen molar-refractivity contribution in [1.82, 2.24) is 4.90 Å². The largest absolute Gasteiger partial charge is 0.481 e. The molecule has 0 bridgehead atoms. The second kappa shape index (κ2) is 11.8. The summed E-state index contributed by atoms with van der Waals surface area (Å²) in [6.07, 6.45) is 1.18. The van der Waals surface area contributed by atoms with E-state index in [1.807, 2.05) is 0 Å². The SMILES string of the molecule is CO[C@@H]1[C@H](OC(=O)N2CC(OCC[C@@H](O)C[C@@H](O)CC(=O)O)C2)CC[C@]2(CO2)[C@H]1[C@@]1(C)OC1CC=C(C)C. The molecule has 4 fully saturated rings. The van der Waals surface area contributed by atoms with Crippen molar-refractivity contribution in [2.75, 3.05) is 33.4 Å². The van der Waals surface area contributed by atoms with Gasteiger partial charge in [0.1, 0.15) is 23.4 Å². The molecule has 3 saturated heterocycles. The minimum Gasteiger partial charge on any atom is -0.481 e. The molecule has 4 rings (SSSR count). The number of epoxide rings is 2. The van der Waals surface area contributed by atoms with E-state index in [-0.39, 0.29) is 49.3 Å². The zero-order valence-electron chi connectivity index (χ0n) is 22.8. The van der Waals surface area contributed by atoms with Crippen LogP contribution in [0.15, 0.2) is 11.6 Å². The Kier molecular flexibility index (Phi) is 9.06. The fourth-order valence-electron chi connectivity index (χ4n) is 6.05. The van der Waals surface area contributed by atoms with Gasteiger partial charge in [-0.1, -0.05) is 11.6 Å². The fraction of sp³-hybridized carbons (Fsp3) is 0.852. The van der Waals surface area contributed by atoms with Gasteiger partial charge >= 0.3 is 12.1 Å². The van der Waals surface area contributed by atoms with Gasteiger partial charge in [0, 0.05) is 13.7 Å². The maximum absolute atomic E-state index is 12.9. The molecule has 11 nitrogen and oxygen atoms in total. The number of allylic oxidation sites excluding steroid dienone is 1. The monoisotopic (exact) mass is 541 g/mol. The lowest BCUT2D eigenvalue weighted by atomic mass is 9.68. The molecule has 1 aliphatic carbocycles. The number of hydrogen-bond donors (Lipinski definition) is 3. The Labute approximate surface area is 224 Å². The maximum Gasteiger partial charge on any atom is 0.410 e. The number of aliphatic carboxylic acids is 1. The summed E-state index contributed by atoms with van der Waals surface area (Å²) in [7, 11) is 1.65. The number of hydrogen-bond acceptors (Lipinski definition) is 9. The topological polar surface area (TPSA) is 151 Å². The van der Waals surface area contributed by atoms with E-state index >= 15 is 0 Å². The van der Waals surface area contributed by atoms with E-state index in [4.69, 9.17) is 28.8 Å². The van der Waals surface area contributed by atoms with Gasteiger partial charge in [-0.2, -0.15) is 0 Å². The van der Waals surface area contributed by atoms with Crippen LogP contribution in [0.5, 0.6) is 0 Å². The first-order chi connectivity index (χ1) is 18.0. The van der Waals surface area contributed by atoms with E-state index in [9.17, 15) is 19.8 Å². The van der Waals surface area contributed by atoms with Crippen LogP contribution in [-0.2, 0) is 28.5 Å². The van der Waals surface area contributed by atoms with Crippen LogP contribution in [-0.4, -0.2) is 114 Å². The van der Waals surface area contributed by atoms with Crippen molar-refractivity contribution in [1.29, 1.82) is 0 Å². The van der Waals surface area contributed by atoms with E-state index in [0.29, 0.717) is 26.1 Å². The number of amides is 1. The van der Waals surface area contributed by atoms with E-state index in [2.05, 4.69) is 26.8 Å². The Morgan fingerprint density at radius 3 is 2.53 bits per heavy atom. The lowest BCUT2D eigenvalue weighted by Crippen LogP contribution is -2.59. The summed E-state index contributed by atoms with van der Waals surface area (Å²) in [6.45, 7) is 7.97. The maximum atomic E-state index is 12.9. The van der Waals surface area contributed by atoms with Crippen molar-refractivity contribution in [3.63, 3.8) is 0 Å². The van der Waals surface area contributed by atoms with Crippen LogP contribution in [0.1, 0.15) is 59.3 Å². The number of carbonyl (C=O) groups is 2. The molecule has 0 aromatic heterocycles. The molecule has 0 radical (unpaired) electrons. The minimum absolute atomic E-state index is 0.0199. The molecule has 4 aliphatic rings. The number of nitrogens with zero attached hydrogens (tertiary/aromatic N) is 1. The number of aliphatic hydroxyl groups is 2. The van der Waals surface area contributed by atoms with Crippen LogP contribution in [0.4, 0.5) is 4.79 Å². The third-order valence-electron chi connectivity index (χ3n) is 8.35. The predicted molar refractivity (Wildman–Crippen MR) is 135 cm³/mol. The molecule has 1 unspecified atom stereocenters. The molecule has 216 valence electrons. The summed E-state index contributed by atoms with van der Waals surface area (Å²) in [4.78, 5) is 25.1. The van der Waals surface area contributed by atoms with Gasteiger partial charge in [0.15, 0.2) is 0 Å². The average molecular weight is 542 g/mol. The first kappa shape index (κ1) is 29.2. The summed E-state index contributed by atoms with van der Waals surface area (Å²) < 4.78 is 29.8. The van der Waals surface area contributed by atoms with Crippen molar-refractivity contribution in [2.24, 2.45) is 5.92 Å². The molecule has 1 saturated carbocycles. The minimum atomic E-state index is -1.11. The average Bonchev–Trinajstić information content (AvgIpc) is 3.71. The third-order valence-corrected chi connectivity index (χ3v) is 8.35. The molecule has 3 N–H and O–H groups in total. The molecule has 0 aromatic rings. The molecule has 1 amide bonds.